The zero-order valence-corrected chi connectivity index (χ0v) is 14.2. The summed E-state index contributed by atoms with van der Waals surface area (Å²) in [5.74, 6) is -0.262. The fourth-order valence-corrected chi connectivity index (χ4v) is 3.43. The fraction of sp³-hybridized carbons (Fsp3) is 0.316. The number of fused-ring (bicyclic) bond motifs is 1. The Labute approximate surface area is 150 Å². The highest BCUT2D eigenvalue weighted by atomic mass is 16.5. The summed E-state index contributed by atoms with van der Waals surface area (Å²) in [7, 11) is 0. The third-order valence-corrected chi connectivity index (χ3v) is 4.85. The molecule has 2 aliphatic rings. The molecule has 1 N–H and O–H groups in total. The molecule has 26 heavy (non-hydrogen) atoms. The van der Waals surface area contributed by atoms with Gasteiger partial charge in [-0.05, 0) is 17.2 Å². The summed E-state index contributed by atoms with van der Waals surface area (Å²) in [4.78, 5) is 42.3. The number of ether oxygens (including phenoxy) is 1. The second-order valence-corrected chi connectivity index (χ2v) is 6.48. The van der Waals surface area contributed by atoms with Crippen LogP contribution >= 0.6 is 0 Å². The first-order valence-electron chi connectivity index (χ1n) is 8.59. The zero-order valence-electron chi connectivity index (χ0n) is 14.2. The highest BCUT2D eigenvalue weighted by Crippen LogP contribution is 2.31. The van der Waals surface area contributed by atoms with Crippen LogP contribution in [0.25, 0.3) is 0 Å². The van der Waals surface area contributed by atoms with Crippen molar-refractivity contribution in [1.29, 1.82) is 0 Å². The van der Waals surface area contributed by atoms with Crippen LogP contribution in [0.2, 0.25) is 0 Å². The Kier molecular flexibility index (Phi) is 4.30. The number of hydrogen-bond donors (Lipinski definition) is 1. The first kappa shape index (κ1) is 16.5. The Morgan fingerprint density at radius 3 is 2.81 bits per heavy atom. The minimum atomic E-state index is -0.377. The molecule has 1 saturated heterocycles. The summed E-state index contributed by atoms with van der Waals surface area (Å²) >= 11 is 0. The molecule has 3 amide bonds. The molecule has 7 nitrogen and oxygen atoms in total. The van der Waals surface area contributed by atoms with Crippen LogP contribution in [-0.4, -0.2) is 39.8 Å². The molecule has 0 spiro atoms. The number of imide groups is 1. The topological polar surface area (TPSA) is 82.7 Å². The molecule has 1 fully saturated rings. The minimum absolute atomic E-state index is 0.0214. The Balaban J connectivity index is 1.50. The van der Waals surface area contributed by atoms with Crippen LogP contribution in [0.3, 0.4) is 0 Å². The lowest BCUT2D eigenvalue weighted by Gasteiger charge is -2.35. The van der Waals surface area contributed by atoms with E-state index < -0.39 is 0 Å². The van der Waals surface area contributed by atoms with E-state index in [2.05, 4.69) is 4.98 Å². The first-order valence-corrected chi connectivity index (χ1v) is 8.59. The molecule has 1 aromatic heterocycles. The van der Waals surface area contributed by atoms with E-state index in [9.17, 15) is 14.4 Å². The predicted molar refractivity (Wildman–Crippen MR) is 93.2 cm³/mol. The van der Waals surface area contributed by atoms with Gasteiger partial charge in [0.1, 0.15) is 6.10 Å². The molecule has 1 atom stereocenters. The van der Waals surface area contributed by atoms with Crippen molar-refractivity contribution in [2.24, 2.45) is 0 Å². The van der Waals surface area contributed by atoms with Crippen LogP contribution in [0.15, 0.2) is 47.4 Å². The molecule has 0 aliphatic carbocycles. The van der Waals surface area contributed by atoms with E-state index in [0.717, 1.165) is 16.0 Å². The number of hydrogen-bond acceptors (Lipinski definition) is 4. The van der Waals surface area contributed by atoms with Crippen LogP contribution in [0.1, 0.15) is 29.2 Å². The average molecular weight is 353 g/mol. The molecule has 134 valence electrons. The summed E-state index contributed by atoms with van der Waals surface area (Å²) < 4.78 is 5.82. The van der Waals surface area contributed by atoms with Crippen molar-refractivity contribution in [2.45, 2.75) is 25.7 Å². The molecule has 1 aromatic carbocycles. The van der Waals surface area contributed by atoms with Gasteiger partial charge in [0.05, 0.1) is 19.7 Å². The van der Waals surface area contributed by atoms with Gasteiger partial charge in [-0.2, -0.15) is 0 Å². The van der Waals surface area contributed by atoms with Gasteiger partial charge in [-0.1, -0.05) is 30.3 Å². The smallest absolute Gasteiger partial charge is 0.327 e. The second-order valence-electron chi connectivity index (χ2n) is 6.48. The lowest BCUT2D eigenvalue weighted by atomic mass is 10.0. The largest absolute Gasteiger partial charge is 0.367 e. The number of urea groups is 1. The van der Waals surface area contributed by atoms with E-state index in [-0.39, 0.29) is 36.6 Å². The molecule has 7 heteroatoms. The van der Waals surface area contributed by atoms with Gasteiger partial charge in [0.25, 0.3) is 5.56 Å². The third kappa shape index (κ3) is 3.01. The highest BCUT2D eigenvalue weighted by Gasteiger charge is 2.35. The highest BCUT2D eigenvalue weighted by molar-refractivity contribution is 5.96. The zero-order chi connectivity index (χ0) is 18.1. The molecule has 0 radical (unpaired) electrons. The van der Waals surface area contributed by atoms with Gasteiger partial charge < -0.3 is 14.6 Å². The summed E-state index contributed by atoms with van der Waals surface area (Å²) in [5.41, 5.74) is 2.31. The Bertz CT molecular complexity index is 907. The molecular weight excluding hydrogens is 334 g/mol. The van der Waals surface area contributed by atoms with Gasteiger partial charge in [-0.25, -0.2) is 4.79 Å². The average Bonchev–Trinajstić information content (AvgIpc) is 3.05. The van der Waals surface area contributed by atoms with E-state index in [1.165, 1.54) is 6.20 Å². The Hall–Kier alpha value is -2.93. The normalized spacial score (nSPS) is 19.8. The number of pyridine rings is 1. The summed E-state index contributed by atoms with van der Waals surface area (Å²) in [5, 5.41) is 0. The van der Waals surface area contributed by atoms with Crippen LogP contribution in [0, 0.1) is 0 Å². The Morgan fingerprint density at radius 1 is 1.12 bits per heavy atom. The summed E-state index contributed by atoms with van der Waals surface area (Å²) in [6.07, 6.45) is 1.57. The van der Waals surface area contributed by atoms with Crippen molar-refractivity contribution in [3.05, 3.63) is 69.6 Å². The monoisotopic (exact) mass is 353 g/mol. The summed E-state index contributed by atoms with van der Waals surface area (Å²) in [6, 6.07) is 10.9. The molecule has 3 heterocycles. The van der Waals surface area contributed by atoms with Crippen molar-refractivity contribution < 1.29 is 14.3 Å². The van der Waals surface area contributed by atoms with Crippen molar-refractivity contribution >= 4 is 11.9 Å². The van der Waals surface area contributed by atoms with Gasteiger partial charge in [0.15, 0.2) is 0 Å². The van der Waals surface area contributed by atoms with Crippen molar-refractivity contribution in [3.63, 3.8) is 0 Å². The van der Waals surface area contributed by atoms with Crippen molar-refractivity contribution in [1.82, 2.24) is 14.8 Å². The maximum absolute atomic E-state index is 12.8. The first-order chi connectivity index (χ1) is 12.6. The number of aromatic nitrogens is 1. The summed E-state index contributed by atoms with van der Waals surface area (Å²) in [6.45, 7) is 1.27. The van der Waals surface area contributed by atoms with E-state index in [0.29, 0.717) is 25.3 Å². The van der Waals surface area contributed by atoms with Crippen LogP contribution in [0.4, 0.5) is 4.79 Å². The van der Waals surface area contributed by atoms with Crippen LogP contribution in [-0.2, 0) is 22.7 Å². The van der Waals surface area contributed by atoms with Crippen LogP contribution < -0.4 is 5.56 Å². The van der Waals surface area contributed by atoms with Gasteiger partial charge in [0, 0.05) is 24.7 Å². The van der Waals surface area contributed by atoms with Gasteiger partial charge in [-0.3, -0.25) is 14.5 Å². The molecule has 0 bridgehead atoms. The lowest BCUT2D eigenvalue weighted by molar-refractivity contribution is -0.131. The van der Waals surface area contributed by atoms with Gasteiger partial charge >= 0.3 is 6.03 Å². The maximum atomic E-state index is 12.8. The van der Waals surface area contributed by atoms with E-state index in [1.54, 1.807) is 17.0 Å². The standard InChI is InChI=1S/C19H19N3O4/c23-17-7-9-21(11-16-15-6-2-1-4-14(15)12-26-16)19(25)22(17)10-13-5-3-8-20-18(13)24/h1-6,8,16H,7,9-12H2,(H,20,24). The maximum Gasteiger partial charge on any atom is 0.327 e. The van der Waals surface area contributed by atoms with Crippen LogP contribution in [0.5, 0.6) is 0 Å². The van der Waals surface area contributed by atoms with E-state index in [1.807, 2.05) is 24.3 Å². The number of H-pyrrole nitrogens is 1. The molecular formula is C19H19N3O4. The second kappa shape index (κ2) is 6.76. The fourth-order valence-electron chi connectivity index (χ4n) is 3.43. The predicted octanol–water partition coefficient (Wildman–Crippen LogP) is 1.80. The number of amides is 3. The third-order valence-electron chi connectivity index (χ3n) is 4.85. The molecule has 2 aromatic rings. The van der Waals surface area contributed by atoms with E-state index in [4.69, 9.17) is 4.74 Å². The molecule has 2 aliphatic heterocycles. The Morgan fingerprint density at radius 2 is 1.96 bits per heavy atom. The number of rotatable bonds is 4. The van der Waals surface area contributed by atoms with Crippen molar-refractivity contribution in [2.75, 3.05) is 13.1 Å². The quantitative estimate of drug-likeness (QED) is 0.909. The molecule has 0 saturated carbocycles. The number of nitrogens with one attached hydrogen (secondary N) is 1. The minimum Gasteiger partial charge on any atom is -0.367 e. The van der Waals surface area contributed by atoms with Gasteiger partial charge in [0.2, 0.25) is 5.91 Å². The SMILES string of the molecule is O=C1CCN(CC2OCc3ccccc32)C(=O)N1Cc1ccc[nH]c1=O. The lowest BCUT2D eigenvalue weighted by Crippen LogP contribution is -2.53. The van der Waals surface area contributed by atoms with E-state index >= 15 is 0 Å². The molecule has 4 rings (SSSR count). The van der Waals surface area contributed by atoms with Gasteiger partial charge in [-0.15, -0.1) is 0 Å². The number of benzene rings is 1. The number of aromatic amines is 1. The molecule has 1 unspecified atom stereocenters. The number of nitrogens with zero attached hydrogens (tertiary/aromatic N) is 2. The van der Waals surface area contributed by atoms with Crippen molar-refractivity contribution in [3.8, 4) is 0 Å². The number of carbonyl (C=O) groups excluding carboxylic acids is 2. The number of carbonyl (C=O) groups is 2.